The quantitative estimate of drug-likeness (QED) is 0.843. The SMILES string of the molecule is CCS(=O)(=O)[C@@H]1[C@@H](c2ccc(C)cc2)C1(C#N)C#N. The maximum Gasteiger partial charge on any atom is 0.169 e. The van der Waals surface area contributed by atoms with Crippen molar-refractivity contribution in [1.82, 2.24) is 0 Å². The maximum absolute atomic E-state index is 12.0. The summed E-state index contributed by atoms with van der Waals surface area (Å²) in [5.41, 5.74) is 0.374. The summed E-state index contributed by atoms with van der Waals surface area (Å²) in [7, 11) is -3.41. The second-order valence-corrected chi connectivity index (χ2v) is 7.26. The zero-order valence-electron chi connectivity index (χ0n) is 10.8. The van der Waals surface area contributed by atoms with Crippen molar-refractivity contribution in [3.05, 3.63) is 35.4 Å². The van der Waals surface area contributed by atoms with Gasteiger partial charge in [0.1, 0.15) is 5.25 Å². The van der Waals surface area contributed by atoms with E-state index in [-0.39, 0.29) is 5.75 Å². The number of rotatable bonds is 3. The Labute approximate surface area is 113 Å². The monoisotopic (exact) mass is 274 g/mol. The molecule has 1 aromatic carbocycles. The standard InChI is InChI=1S/C14H14N2O2S/c1-3-19(17,18)13-12(14(13,8-15)9-16)11-6-4-10(2)5-7-11/h4-7,12-13H,3H2,1-2H3/t12-,13-/m1/s1. The molecule has 0 unspecified atom stereocenters. The van der Waals surface area contributed by atoms with Gasteiger partial charge in [0.15, 0.2) is 15.3 Å². The van der Waals surface area contributed by atoms with Crippen LogP contribution >= 0.6 is 0 Å². The molecule has 0 bridgehead atoms. The highest BCUT2D eigenvalue weighted by Gasteiger charge is 2.72. The first-order valence-corrected chi connectivity index (χ1v) is 7.75. The van der Waals surface area contributed by atoms with Gasteiger partial charge in [0.2, 0.25) is 0 Å². The molecule has 0 amide bonds. The summed E-state index contributed by atoms with van der Waals surface area (Å²) in [4.78, 5) is 0. The zero-order chi connectivity index (χ0) is 14.3. The molecule has 5 heteroatoms. The third-order valence-electron chi connectivity index (χ3n) is 3.73. The molecule has 4 nitrogen and oxygen atoms in total. The van der Waals surface area contributed by atoms with Gasteiger partial charge in [0.25, 0.3) is 0 Å². The number of hydrogen-bond acceptors (Lipinski definition) is 4. The molecule has 98 valence electrons. The molecular weight excluding hydrogens is 260 g/mol. The minimum Gasteiger partial charge on any atom is -0.228 e. The van der Waals surface area contributed by atoms with Crippen LogP contribution in [0.5, 0.6) is 0 Å². The van der Waals surface area contributed by atoms with Gasteiger partial charge < -0.3 is 0 Å². The van der Waals surface area contributed by atoms with E-state index in [1.54, 1.807) is 19.1 Å². The van der Waals surface area contributed by atoms with E-state index >= 15 is 0 Å². The fourth-order valence-corrected chi connectivity index (χ4v) is 4.41. The Morgan fingerprint density at radius 3 is 2.16 bits per heavy atom. The van der Waals surface area contributed by atoms with E-state index in [1.165, 1.54) is 0 Å². The van der Waals surface area contributed by atoms with E-state index < -0.39 is 26.4 Å². The first-order valence-electron chi connectivity index (χ1n) is 6.03. The summed E-state index contributed by atoms with van der Waals surface area (Å²) in [6, 6.07) is 11.2. The zero-order valence-corrected chi connectivity index (χ0v) is 11.6. The summed E-state index contributed by atoms with van der Waals surface area (Å²) >= 11 is 0. The van der Waals surface area contributed by atoms with Gasteiger partial charge in [-0.1, -0.05) is 36.8 Å². The van der Waals surface area contributed by atoms with Crippen molar-refractivity contribution in [2.45, 2.75) is 25.0 Å². The second kappa shape index (κ2) is 4.36. The van der Waals surface area contributed by atoms with E-state index in [0.717, 1.165) is 11.1 Å². The predicted molar refractivity (Wildman–Crippen MR) is 70.8 cm³/mol. The molecular formula is C14H14N2O2S. The molecule has 2 rings (SSSR count). The Kier molecular flexibility index (Phi) is 3.12. The van der Waals surface area contributed by atoms with E-state index in [9.17, 15) is 18.9 Å². The van der Waals surface area contributed by atoms with Crippen LogP contribution in [0.3, 0.4) is 0 Å². The van der Waals surface area contributed by atoms with Crippen LogP contribution in [0.15, 0.2) is 24.3 Å². The minimum absolute atomic E-state index is 0.0505. The van der Waals surface area contributed by atoms with Gasteiger partial charge in [-0.2, -0.15) is 10.5 Å². The number of aryl methyl sites for hydroxylation is 1. The van der Waals surface area contributed by atoms with Crippen molar-refractivity contribution in [2.75, 3.05) is 5.75 Å². The van der Waals surface area contributed by atoms with Crippen LogP contribution in [-0.2, 0) is 9.84 Å². The molecule has 1 fully saturated rings. The molecule has 0 aromatic heterocycles. The molecule has 0 heterocycles. The number of benzene rings is 1. The summed E-state index contributed by atoms with van der Waals surface area (Å²) in [5.74, 6) is -0.585. The summed E-state index contributed by atoms with van der Waals surface area (Å²) in [6.45, 7) is 3.47. The van der Waals surface area contributed by atoms with Crippen molar-refractivity contribution in [2.24, 2.45) is 5.41 Å². The van der Waals surface area contributed by atoms with Gasteiger partial charge in [0.05, 0.1) is 12.1 Å². The Balaban J connectivity index is 2.50. The van der Waals surface area contributed by atoms with Crippen LogP contribution in [0.2, 0.25) is 0 Å². The van der Waals surface area contributed by atoms with Gasteiger partial charge >= 0.3 is 0 Å². The first-order chi connectivity index (χ1) is 8.93. The van der Waals surface area contributed by atoms with Crippen LogP contribution < -0.4 is 0 Å². The smallest absolute Gasteiger partial charge is 0.169 e. The van der Waals surface area contributed by atoms with Gasteiger partial charge in [-0.05, 0) is 12.5 Å². The molecule has 1 aromatic rings. The van der Waals surface area contributed by atoms with Gasteiger partial charge in [0, 0.05) is 11.7 Å². The average Bonchev–Trinajstić information content (AvgIpc) is 3.10. The molecule has 1 saturated carbocycles. The molecule has 0 radical (unpaired) electrons. The van der Waals surface area contributed by atoms with Crippen LogP contribution in [0.1, 0.15) is 24.0 Å². The molecule has 2 atom stereocenters. The summed E-state index contributed by atoms with van der Waals surface area (Å²) < 4.78 is 24.1. The lowest BCUT2D eigenvalue weighted by Gasteiger charge is -2.00. The Hall–Kier alpha value is -1.85. The molecule has 0 saturated heterocycles. The lowest BCUT2D eigenvalue weighted by Crippen LogP contribution is -2.15. The van der Waals surface area contributed by atoms with Crippen molar-refractivity contribution in [3.8, 4) is 12.1 Å². The molecule has 0 aliphatic heterocycles. The number of hydrogen-bond donors (Lipinski definition) is 0. The van der Waals surface area contributed by atoms with E-state index in [2.05, 4.69) is 0 Å². The minimum atomic E-state index is -3.41. The fraction of sp³-hybridized carbons (Fsp3) is 0.429. The Morgan fingerprint density at radius 2 is 1.74 bits per heavy atom. The molecule has 1 aliphatic carbocycles. The van der Waals surface area contributed by atoms with E-state index in [4.69, 9.17) is 0 Å². The molecule has 19 heavy (non-hydrogen) atoms. The Morgan fingerprint density at radius 1 is 1.21 bits per heavy atom. The van der Waals surface area contributed by atoms with Crippen LogP contribution in [-0.4, -0.2) is 19.4 Å². The second-order valence-electron chi connectivity index (χ2n) is 4.85. The highest BCUT2D eigenvalue weighted by Crippen LogP contribution is 2.62. The lowest BCUT2D eigenvalue weighted by molar-refractivity contribution is 0.592. The third kappa shape index (κ3) is 1.91. The van der Waals surface area contributed by atoms with Crippen LogP contribution in [0, 0.1) is 35.0 Å². The van der Waals surface area contributed by atoms with Crippen molar-refractivity contribution < 1.29 is 8.42 Å². The lowest BCUT2D eigenvalue weighted by atomic mass is 10.0. The number of sulfone groups is 1. The summed E-state index contributed by atoms with van der Waals surface area (Å²) in [5, 5.41) is 17.6. The van der Waals surface area contributed by atoms with E-state index in [1.807, 2.05) is 31.2 Å². The van der Waals surface area contributed by atoms with Crippen LogP contribution in [0.4, 0.5) is 0 Å². The normalized spacial score (nSPS) is 24.2. The van der Waals surface area contributed by atoms with Crippen molar-refractivity contribution >= 4 is 9.84 Å². The molecule has 1 aliphatic rings. The fourth-order valence-electron chi connectivity index (χ4n) is 2.53. The van der Waals surface area contributed by atoms with Crippen molar-refractivity contribution in [1.29, 1.82) is 10.5 Å². The molecule has 0 spiro atoms. The highest BCUT2D eigenvalue weighted by molar-refractivity contribution is 7.92. The average molecular weight is 274 g/mol. The summed E-state index contributed by atoms with van der Waals surface area (Å²) in [6.07, 6.45) is 0. The van der Waals surface area contributed by atoms with Gasteiger partial charge in [-0.25, -0.2) is 8.42 Å². The number of nitriles is 2. The molecule has 0 N–H and O–H groups in total. The van der Waals surface area contributed by atoms with Crippen LogP contribution in [0.25, 0.3) is 0 Å². The number of nitrogens with zero attached hydrogens (tertiary/aromatic N) is 2. The topological polar surface area (TPSA) is 81.7 Å². The van der Waals surface area contributed by atoms with Crippen molar-refractivity contribution in [3.63, 3.8) is 0 Å². The largest absolute Gasteiger partial charge is 0.228 e. The third-order valence-corrected chi connectivity index (χ3v) is 5.95. The van der Waals surface area contributed by atoms with E-state index in [0.29, 0.717) is 0 Å². The first kappa shape index (κ1) is 13.6. The van der Waals surface area contributed by atoms with Gasteiger partial charge in [-0.15, -0.1) is 0 Å². The predicted octanol–water partition coefficient (Wildman–Crippen LogP) is 1.93. The van der Waals surface area contributed by atoms with Gasteiger partial charge in [-0.3, -0.25) is 0 Å². The Bertz CT molecular complexity index is 664. The maximum atomic E-state index is 12.0. The highest BCUT2D eigenvalue weighted by atomic mass is 32.2.